The summed E-state index contributed by atoms with van der Waals surface area (Å²) in [5.41, 5.74) is 5.44. The lowest BCUT2D eigenvalue weighted by Gasteiger charge is -2.41. The molecular formula is C29H34N2O4. The minimum absolute atomic E-state index is 0.0337. The van der Waals surface area contributed by atoms with Gasteiger partial charge in [-0.3, -0.25) is 9.69 Å². The fourth-order valence-corrected chi connectivity index (χ4v) is 4.97. The van der Waals surface area contributed by atoms with Gasteiger partial charge in [0, 0.05) is 24.7 Å². The van der Waals surface area contributed by atoms with Crippen molar-refractivity contribution in [2.75, 3.05) is 27.9 Å². The highest BCUT2D eigenvalue weighted by Gasteiger charge is 2.34. The fraction of sp³-hybridized carbons (Fsp3) is 0.345. The Morgan fingerprint density at radius 2 is 1.74 bits per heavy atom. The summed E-state index contributed by atoms with van der Waals surface area (Å²) in [4.78, 5) is 15.6. The standard InChI is InChI=1S/C29H34N2O4/c1-19-8-6-9-21(14-19)18-31-13-12-22-16-26(34-4)27(35-5)17-25(22)28(31)20(2)30-29(32)23-10-7-11-24(15-23)33-3/h6-11,14-17,20,28H,12-13,18H2,1-5H3,(H,30,32). The van der Waals surface area contributed by atoms with Crippen LogP contribution in [0.25, 0.3) is 0 Å². The van der Waals surface area contributed by atoms with Crippen LogP contribution < -0.4 is 19.5 Å². The van der Waals surface area contributed by atoms with Gasteiger partial charge in [0.25, 0.3) is 5.91 Å². The number of aryl methyl sites for hydroxylation is 1. The Bertz CT molecular complexity index is 1190. The van der Waals surface area contributed by atoms with Crippen molar-refractivity contribution in [2.45, 2.75) is 38.9 Å². The lowest BCUT2D eigenvalue weighted by molar-refractivity contribution is 0.0877. The number of amides is 1. The van der Waals surface area contributed by atoms with Gasteiger partial charge in [0.05, 0.1) is 27.4 Å². The van der Waals surface area contributed by atoms with Crippen LogP contribution in [0.2, 0.25) is 0 Å². The molecule has 0 spiro atoms. The highest BCUT2D eigenvalue weighted by atomic mass is 16.5. The fourth-order valence-electron chi connectivity index (χ4n) is 4.97. The number of fused-ring (bicyclic) bond motifs is 1. The molecular weight excluding hydrogens is 440 g/mol. The maximum Gasteiger partial charge on any atom is 0.251 e. The van der Waals surface area contributed by atoms with Crippen molar-refractivity contribution < 1.29 is 19.0 Å². The molecule has 0 radical (unpaired) electrons. The molecule has 2 unspecified atom stereocenters. The SMILES string of the molecule is COc1cccc(C(=O)NC(C)C2c3cc(OC)c(OC)cc3CCN2Cc2cccc(C)c2)c1. The van der Waals surface area contributed by atoms with Gasteiger partial charge in [-0.05, 0) is 67.3 Å². The zero-order valence-electron chi connectivity index (χ0n) is 21.1. The van der Waals surface area contributed by atoms with Crippen LogP contribution >= 0.6 is 0 Å². The predicted octanol–water partition coefficient (Wildman–Crippen LogP) is 4.94. The minimum Gasteiger partial charge on any atom is -0.497 e. The largest absolute Gasteiger partial charge is 0.497 e. The van der Waals surface area contributed by atoms with Crippen LogP contribution in [-0.4, -0.2) is 44.7 Å². The second-order valence-electron chi connectivity index (χ2n) is 9.05. The molecule has 6 heteroatoms. The van der Waals surface area contributed by atoms with Crippen LogP contribution in [0, 0.1) is 6.92 Å². The van der Waals surface area contributed by atoms with E-state index in [1.54, 1.807) is 33.5 Å². The Kier molecular flexibility index (Phi) is 7.61. The van der Waals surface area contributed by atoms with Gasteiger partial charge in [-0.25, -0.2) is 0 Å². The molecule has 0 fully saturated rings. The molecule has 1 aliphatic rings. The van der Waals surface area contributed by atoms with E-state index in [4.69, 9.17) is 14.2 Å². The third-order valence-electron chi connectivity index (χ3n) is 6.66. The number of benzene rings is 3. The third kappa shape index (κ3) is 5.43. The molecule has 3 aromatic carbocycles. The number of carbonyl (C=O) groups is 1. The zero-order valence-corrected chi connectivity index (χ0v) is 21.1. The van der Waals surface area contributed by atoms with Gasteiger partial charge in [0.2, 0.25) is 0 Å². The molecule has 35 heavy (non-hydrogen) atoms. The lowest BCUT2D eigenvalue weighted by Crippen LogP contribution is -2.47. The first kappa shape index (κ1) is 24.6. The van der Waals surface area contributed by atoms with E-state index in [2.05, 4.69) is 60.5 Å². The van der Waals surface area contributed by atoms with Crippen molar-refractivity contribution in [1.29, 1.82) is 0 Å². The summed E-state index contributed by atoms with van der Waals surface area (Å²) in [6.07, 6.45) is 0.897. The van der Waals surface area contributed by atoms with Crippen molar-refractivity contribution in [3.8, 4) is 17.2 Å². The predicted molar refractivity (Wildman–Crippen MR) is 138 cm³/mol. The zero-order chi connectivity index (χ0) is 24.9. The molecule has 1 amide bonds. The summed E-state index contributed by atoms with van der Waals surface area (Å²) in [5.74, 6) is 1.95. The van der Waals surface area contributed by atoms with Crippen molar-refractivity contribution >= 4 is 5.91 Å². The molecule has 0 saturated heterocycles. The van der Waals surface area contributed by atoms with Crippen LogP contribution in [0.4, 0.5) is 0 Å². The minimum atomic E-state index is -0.157. The van der Waals surface area contributed by atoms with Gasteiger partial charge < -0.3 is 19.5 Å². The van der Waals surface area contributed by atoms with Gasteiger partial charge in [0.1, 0.15) is 5.75 Å². The number of methoxy groups -OCH3 is 3. The third-order valence-corrected chi connectivity index (χ3v) is 6.66. The monoisotopic (exact) mass is 474 g/mol. The molecule has 0 saturated carbocycles. The molecule has 0 bridgehead atoms. The van der Waals surface area contributed by atoms with Crippen LogP contribution in [0.1, 0.15) is 45.6 Å². The second kappa shape index (κ2) is 10.8. The number of hydrogen-bond acceptors (Lipinski definition) is 5. The van der Waals surface area contributed by atoms with Crippen LogP contribution in [-0.2, 0) is 13.0 Å². The van der Waals surface area contributed by atoms with Crippen LogP contribution in [0.15, 0.2) is 60.7 Å². The Labute approximate surface area is 207 Å². The average Bonchev–Trinajstić information content (AvgIpc) is 2.87. The molecule has 3 aromatic rings. The quantitative estimate of drug-likeness (QED) is 0.501. The van der Waals surface area contributed by atoms with E-state index >= 15 is 0 Å². The summed E-state index contributed by atoms with van der Waals surface area (Å²) in [6.45, 7) is 5.85. The molecule has 1 N–H and O–H groups in total. The molecule has 4 rings (SSSR count). The number of rotatable bonds is 8. The molecule has 0 aromatic heterocycles. The van der Waals surface area contributed by atoms with E-state index in [1.165, 1.54) is 16.7 Å². The van der Waals surface area contributed by atoms with Crippen molar-refractivity contribution in [3.63, 3.8) is 0 Å². The van der Waals surface area contributed by atoms with Crippen molar-refractivity contribution in [3.05, 3.63) is 88.5 Å². The number of nitrogens with zero attached hydrogens (tertiary/aromatic N) is 1. The van der Waals surface area contributed by atoms with Gasteiger partial charge >= 0.3 is 0 Å². The number of hydrogen-bond donors (Lipinski definition) is 1. The van der Waals surface area contributed by atoms with Crippen LogP contribution in [0.3, 0.4) is 0 Å². The lowest BCUT2D eigenvalue weighted by atomic mass is 9.87. The van der Waals surface area contributed by atoms with E-state index in [9.17, 15) is 4.79 Å². The molecule has 0 aliphatic carbocycles. The first-order valence-electron chi connectivity index (χ1n) is 11.9. The molecule has 6 nitrogen and oxygen atoms in total. The highest BCUT2D eigenvalue weighted by Crippen LogP contribution is 2.40. The van der Waals surface area contributed by atoms with Gasteiger partial charge in [-0.2, -0.15) is 0 Å². The Morgan fingerprint density at radius 3 is 2.46 bits per heavy atom. The van der Waals surface area contributed by atoms with Crippen LogP contribution in [0.5, 0.6) is 17.2 Å². The van der Waals surface area contributed by atoms with Gasteiger partial charge in [-0.1, -0.05) is 35.9 Å². The number of carbonyl (C=O) groups excluding carboxylic acids is 1. The Morgan fingerprint density at radius 1 is 1.00 bits per heavy atom. The molecule has 1 heterocycles. The Balaban J connectivity index is 1.68. The van der Waals surface area contributed by atoms with E-state index in [0.29, 0.717) is 17.1 Å². The summed E-state index contributed by atoms with van der Waals surface area (Å²) in [6, 6.07) is 19.8. The molecule has 2 atom stereocenters. The summed E-state index contributed by atoms with van der Waals surface area (Å²) < 4.78 is 16.5. The number of nitrogens with one attached hydrogen (secondary N) is 1. The molecule has 184 valence electrons. The number of ether oxygens (including phenoxy) is 3. The van der Waals surface area contributed by atoms with Crippen molar-refractivity contribution in [2.24, 2.45) is 0 Å². The smallest absolute Gasteiger partial charge is 0.251 e. The average molecular weight is 475 g/mol. The first-order chi connectivity index (χ1) is 16.9. The van der Waals surface area contributed by atoms with E-state index in [1.807, 2.05) is 12.1 Å². The van der Waals surface area contributed by atoms with Crippen molar-refractivity contribution in [1.82, 2.24) is 10.2 Å². The summed E-state index contributed by atoms with van der Waals surface area (Å²) >= 11 is 0. The maximum absolute atomic E-state index is 13.2. The Hall–Kier alpha value is -3.51. The van der Waals surface area contributed by atoms with Gasteiger partial charge in [-0.15, -0.1) is 0 Å². The van der Waals surface area contributed by atoms with E-state index in [-0.39, 0.29) is 18.0 Å². The van der Waals surface area contributed by atoms with E-state index < -0.39 is 0 Å². The second-order valence-corrected chi connectivity index (χ2v) is 9.05. The summed E-state index contributed by atoms with van der Waals surface area (Å²) in [5, 5.41) is 3.24. The topological polar surface area (TPSA) is 60.0 Å². The highest BCUT2D eigenvalue weighted by molar-refractivity contribution is 5.94. The normalized spacial score (nSPS) is 16.2. The summed E-state index contributed by atoms with van der Waals surface area (Å²) in [7, 11) is 4.91. The molecule has 1 aliphatic heterocycles. The maximum atomic E-state index is 13.2. The van der Waals surface area contributed by atoms with Gasteiger partial charge in [0.15, 0.2) is 11.5 Å². The first-order valence-corrected chi connectivity index (χ1v) is 11.9. The van der Waals surface area contributed by atoms with E-state index in [0.717, 1.165) is 30.8 Å².